The topological polar surface area (TPSA) is 58.6 Å². The minimum atomic E-state index is -0.670. The molecule has 2 rings (SSSR count). The molecule has 0 aliphatic heterocycles. The molecule has 0 fully saturated rings. The highest BCUT2D eigenvalue weighted by Crippen LogP contribution is 2.22. The molecule has 2 amide bonds. The van der Waals surface area contributed by atoms with Gasteiger partial charge in [0.05, 0.1) is 0 Å². The molecule has 0 aromatic heterocycles. The second-order valence-electron chi connectivity index (χ2n) is 7.15. The molecule has 2 aromatic carbocycles. The molecule has 156 valence electrons. The number of hydrogen-bond donors (Lipinski definition) is 1. The number of nitrogens with one attached hydrogen (secondary N) is 1. The van der Waals surface area contributed by atoms with Crippen molar-refractivity contribution in [2.75, 3.05) is 6.61 Å². The molecule has 0 aliphatic carbocycles. The summed E-state index contributed by atoms with van der Waals surface area (Å²) < 4.78 is 6.65. The molecule has 0 bridgehead atoms. The molecule has 1 atom stereocenters. The molecule has 0 unspecified atom stereocenters. The van der Waals surface area contributed by atoms with Gasteiger partial charge < -0.3 is 15.0 Å². The second-order valence-corrected chi connectivity index (χ2v) is 8.41. The van der Waals surface area contributed by atoms with Gasteiger partial charge >= 0.3 is 0 Å². The van der Waals surface area contributed by atoms with Crippen molar-refractivity contribution in [2.24, 2.45) is 0 Å². The fraction of sp³-hybridized carbons (Fsp3) is 0.364. The lowest BCUT2D eigenvalue weighted by atomic mass is 10.1. The van der Waals surface area contributed by atoms with Gasteiger partial charge in [0.2, 0.25) is 5.91 Å². The Morgan fingerprint density at radius 3 is 2.48 bits per heavy atom. The van der Waals surface area contributed by atoms with Crippen LogP contribution in [0.25, 0.3) is 0 Å². The zero-order valence-electron chi connectivity index (χ0n) is 17.0. The first-order valence-corrected chi connectivity index (χ1v) is 10.6. The van der Waals surface area contributed by atoms with Gasteiger partial charge in [0.15, 0.2) is 6.61 Å². The molecule has 29 heavy (non-hydrogen) atoms. The first-order chi connectivity index (χ1) is 13.7. The maximum absolute atomic E-state index is 13.0. The van der Waals surface area contributed by atoms with E-state index in [-0.39, 0.29) is 31.0 Å². The highest BCUT2D eigenvalue weighted by Gasteiger charge is 2.27. The summed E-state index contributed by atoms with van der Waals surface area (Å²) in [5.41, 5.74) is 1.78. The predicted molar refractivity (Wildman–Crippen MR) is 119 cm³/mol. The van der Waals surface area contributed by atoms with E-state index in [0.29, 0.717) is 10.8 Å². The normalized spacial score (nSPS) is 11.8. The number of amides is 2. The number of carbonyl (C=O) groups is 2. The Balaban J connectivity index is 2.18. The number of carbonyl (C=O) groups excluding carboxylic acids is 2. The SMILES string of the molecule is Cc1cc(OCC(=O)N(Cc2ccccc2Cl)[C@@H](C)C(=O)NC(C)C)ccc1Br. The number of halogens is 2. The Bertz CT molecular complexity index is 873. The van der Waals surface area contributed by atoms with Crippen LogP contribution < -0.4 is 10.1 Å². The lowest BCUT2D eigenvalue weighted by Crippen LogP contribution is -2.50. The lowest BCUT2D eigenvalue weighted by Gasteiger charge is -2.29. The van der Waals surface area contributed by atoms with Crippen LogP contribution in [0.1, 0.15) is 31.9 Å². The van der Waals surface area contributed by atoms with Crippen molar-refractivity contribution in [3.8, 4) is 5.75 Å². The van der Waals surface area contributed by atoms with E-state index in [4.69, 9.17) is 16.3 Å². The zero-order chi connectivity index (χ0) is 21.6. The smallest absolute Gasteiger partial charge is 0.261 e. The van der Waals surface area contributed by atoms with Gasteiger partial charge in [-0.1, -0.05) is 45.7 Å². The molecular weight excluding hydrogens is 456 g/mol. The molecular formula is C22H26BrClN2O3. The van der Waals surface area contributed by atoms with E-state index in [1.807, 2.05) is 51.1 Å². The summed E-state index contributed by atoms with van der Waals surface area (Å²) in [6.07, 6.45) is 0. The van der Waals surface area contributed by atoms with Crippen LogP contribution in [0.5, 0.6) is 5.75 Å². The van der Waals surface area contributed by atoms with Crippen LogP contribution in [0.15, 0.2) is 46.9 Å². The predicted octanol–water partition coefficient (Wildman–Crippen LogP) is 4.73. The van der Waals surface area contributed by atoms with Crippen LogP contribution in [0.3, 0.4) is 0 Å². The third-order valence-corrected chi connectivity index (χ3v) is 5.65. The minimum Gasteiger partial charge on any atom is -0.484 e. The fourth-order valence-corrected chi connectivity index (χ4v) is 3.17. The second kappa shape index (κ2) is 10.6. The summed E-state index contributed by atoms with van der Waals surface area (Å²) in [6.45, 7) is 7.45. The summed E-state index contributed by atoms with van der Waals surface area (Å²) in [4.78, 5) is 27.0. The third-order valence-electron chi connectivity index (χ3n) is 4.39. The van der Waals surface area contributed by atoms with Gasteiger partial charge in [-0.15, -0.1) is 0 Å². The van der Waals surface area contributed by atoms with Crippen LogP contribution in [0, 0.1) is 6.92 Å². The number of nitrogens with zero attached hydrogens (tertiary/aromatic N) is 1. The van der Waals surface area contributed by atoms with E-state index in [0.717, 1.165) is 15.6 Å². The Labute approximate surface area is 185 Å². The quantitative estimate of drug-likeness (QED) is 0.593. The Morgan fingerprint density at radius 1 is 1.17 bits per heavy atom. The summed E-state index contributed by atoms with van der Waals surface area (Å²) in [5.74, 6) is 0.0767. The van der Waals surface area contributed by atoms with Gasteiger partial charge in [-0.25, -0.2) is 0 Å². The molecule has 0 aliphatic rings. The van der Waals surface area contributed by atoms with Gasteiger partial charge in [-0.05, 0) is 63.1 Å². The van der Waals surface area contributed by atoms with E-state index < -0.39 is 6.04 Å². The number of aryl methyl sites for hydroxylation is 1. The Hall–Kier alpha value is -2.05. The molecule has 0 radical (unpaired) electrons. The van der Waals surface area contributed by atoms with E-state index >= 15 is 0 Å². The summed E-state index contributed by atoms with van der Waals surface area (Å²) in [7, 11) is 0. The first-order valence-electron chi connectivity index (χ1n) is 9.41. The standard InChI is InChI=1S/C22H26BrClN2O3/c1-14(2)25-22(28)16(4)26(12-17-7-5-6-8-20(17)24)21(27)13-29-18-9-10-19(23)15(3)11-18/h5-11,14,16H,12-13H2,1-4H3,(H,25,28)/t16-/m0/s1. The lowest BCUT2D eigenvalue weighted by molar-refractivity contribution is -0.142. The molecule has 0 saturated heterocycles. The number of rotatable bonds is 8. The Kier molecular flexibility index (Phi) is 8.53. The highest BCUT2D eigenvalue weighted by molar-refractivity contribution is 9.10. The molecule has 0 spiro atoms. The van der Waals surface area contributed by atoms with E-state index in [2.05, 4.69) is 21.2 Å². The number of benzene rings is 2. The largest absolute Gasteiger partial charge is 0.484 e. The van der Waals surface area contributed by atoms with Gasteiger partial charge in [-0.2, -0.15) is 0 Å². The molecule has 1 N–H and O–H groups in total. The molecule has 0 heterocycles. The van der Waals surface area contributed by atoms with E-state index in [9.17, 15) is 9.59 Å². The third kappa shape index (κ3) is 6.75. The van der Waals surface area contributed by atoms with Crippen molar-refractivity contribution >= 4 is 39.3 Å². The average molecular weight is 482 g/mol. The monoisotopic (exact) mass is 480 g/mol. The average Bonchev–Trinajstić information content (AvgIpc) is 2.67. The van der Waals surface area contributed by atoms with E-state index in [1.165, 1.54) is 4.90 Å². The van der Waals surface area contributed by atoms with Crippen LogP contribution >= 0.6 is 27.5 Å². The number of ether oxygens (including phenoxy) is 1. The van der Waals surface area contributed by atoms with Crippen molar-refractivity contribution < 1.29 is 14.3 Å². The van der Waals surface area contributed by atoms with Crippen molar-refractivity contribution in [3.63, 3.8) is 0 Å². The molecule has 5 nitrogen and oxygen atoms in total. The highest BCUT2D eigenvalue weighted by atomic mass is 79.9. The fourth-order valence-electron chi connectivity index (χ4n) is 2.73. The van der Waals surface area contributed by atoms with Crippen LogP contribution in [0.4, 0.5) is 0 Å². The molecule has 0 saturated carbocycles. The zero-order valence-corrected chi connectivity index (χ0v) is 19.4. The summed E-state index contributed by atoms with van der Waals surface area (Å²) >= 11 is 9.72. The minimum absolute atomic E-state index is 0.0239. The molecule has 2 aromatic rings. The number of hydrogen-bond acceptors (Lipinski definition) is 3. The maximum Gasteiger partial charge on any atom is 0.261 e. The summed E-state index contributed by atoms with van der Waals surface area (Å²) in [6, 6.07) is 12.1. The maximum atomic E-state index is 13.0. The molecule has 7 heteroatoms. The van der Waals surface area contributed by atoms with Gasteiger partial charge in [0.25, 0.3) is 5.91 Å². The van der Waals surface area contributed by atoms with Crippen molar-refractivity contribution in [1.29, 1.82) is 0 Å². The van der Waals surface area contributed by atoms with Crippen LogP contribution in [0.2, 0.25) is 5.02 Å². The van der Waals surface area contributed by atoms with E-state index in [1.54, 1.807) is 19.1 Å². The van der Waals surface area contributed by atoms with Gasteiger partial charge in [0.1, 0.15) is 11.8 Å². The summed E-state index contributed by atoms with van der Waals surface area (Å²) in [5, 5.41) is 3.40. The van der Waals surface area contributed by atoms with Crippen molar-refractivity contribution in [1.82, 2.24) is 10.2 Å². The van der Waals surface area contributed by atoms with Crippen molar-refractivity contribution in [2.45, 2.75) is 46.3 Å². The first kappa shape index (κ1) is 23.2. The Morgan fingerprint density at radius 2 is 1.86 bits per heavy atom. The van der Waals surface area contributed by atoms with Crippen molar-refractivity contribution in [3.05, 3.63) is 63.1 Å². The van der Waals surface area contributed by atoms with Crippen LogP contribution in [-0.2, 0) is 16.1 Å². The van der Waals surface area contributed by atoms with Crippen LogP contribution in [-0.4, -0.2) is 35.4 Å². The van der Waals surface area contributed by atoms with Gasteiger partial charge in [0, 0.05) is 22.1 Å². The van der Waals surface area contributed by atoms with Gasteiger partial charge in [-0.3, -0.25) is 9.59 Å².